The Morgan fingerprint density at radius 3 is 2.23 bits per heavy atom. The highest BCUT2D eigenvalue weighted by molar-refractivity contribution is 5.72. The van der Waals surface area contributed by atoms with Crippen LogP contribution < -0.4 is 0 Å². The Morgan fingerprint density at radius 1 is 0.731 bits per heavy atom. The average molecular weight is 337 g/mol. The van der Waals surface area contributed by atoms with Crippen LogP contribution in [0.25, 0.3) is 34.9 Å². The smallest absolute Gasteiger partial charge is 0.226 e. The Balaban J connectivity index is 1.53. The van der Waals surface area contributed by atoms with Gasteiger partial charge >= 0.3 is 0 Å². The third kappa shape index (κ3) is 3.50. The Labute approximate surface area is 153 Å². The largest absolute Gasteiger partial charge is 0.436 e. The number of benzene rings is 3. The summed E-state index contributed by atoms with van der Waals surface area (Å²) in [6, 6.07) is 26.6. The van der Waals surface area contributed by atoms with Gasteiger partial charge in [-0.05, 0) is 35.7 Å². The Morgan fingerprint density at radius 2 is 1.46 bits per heavy atom. The van der Waals surface area contributed by atoms with E-state index in [1.807, 2.05) is 42.5 Å². The van der Waals surface area contributed by atoms with Crippen LogP contribution >= 0.6 is 0 Å². The van der Waals surface area contributed by atoms with Gasteiger partial charge in [-0.1, -0.05) is 78.9 Å². The molecule has 4 rings (SSSR count). The van der Waals surface area contributed by atoms with Gasteiger partial charge in [0.25, 0.3) is 0 Å². The number of aromatic nitrogens is 1. The zero-order chi connectivity index (χ0) is 17.8. The van der Waals surface area contributed by atoms with E-state index in [-0.39, 0.29) is 0 Å². The van der Waals surface area contributed by atoms with Gasteiger partial charge in [0.15, 0.2) is 5.76 Å². The molecule has 0 aliphatic carbocycles. The van der Waals surface area contributed by atoms with Gasteiger partial charge in [0.05, 0.1) is 6.20 Å². The molecule has 1 aromatic heterocycles. The molecule has 0 atom stereocenters. The quantitative estimate of drug-likeness (QED) is 0.398. The molecular weight excluding hydrogens is 318 g/mol. The number of rotatable bonds is 4. The van der Waals surface area contributed by atoms with Crippen molar-refractivity contribution in [2.75, 3.05) is 0 Å². The van der Waals surface area contributed by atoms with Crippen molar-refractivity contribution >= 4 is 12.2 Å². The highest BCUT2D eigenvalue weighted by Gasteiger charge is 2.07. The van der Waals surface area contributed by atoms with E-state index in [2.05, 4.69) is 60.5 Å². The van der Waals surface area contributed by atoms with Gasteiger partial charge in [0, 0.05) is 11.1 Å². The molecule has 0 bridgehead atoms. The summed E-state index contributed by atoms with van der Waals surface area (Å²) in [6.07, 6.45) is 6.04. The molecule has 2 heteroatoms. The van der Waals surface area contributed by atoms with Gasteiger partial charge in [-0.15, -0.1) is 0 Å². The minimum atomic E-state index is 0.637. The molecule has 3 aromatic carbocycles. The van der Waals surface area contributed by atoms with Gasteiger partial charge in [-0.3, -0.25) is 0 Å². The van der Waals surface area contributed by atoms with Crippen LogP contribution in [0.2, 0.25) is 0 Å². The maximum Gasteiger partial charge on any atom is 0.226 e. The van der Waals surface area contributed by atoms with Gasteiger partial charge in [0.1, 0.15) is 0 Å². The second kappa shape index (κ2) is 7.24. The molecule has 1 heterocycles. The second-order valence-corrected chi connectivity index (χ2v) is 6.21. The van der Waals surface area contributed by atoms with Gasteiger partial charge < -0.3 is 4.42 Å². The van der Waals surface area contributed by atoms with E-state index in [0.717, 1.165) is 22.5 Å². The van der Waals surface area contributed by atoms with Gasteiger partial charge in [0.2, 0.25) is 5.89 Å². The molecule has 126 valence electrons. The maximum absolute atomic E-state index is 5.91. The number of hydrogen-bond donors (Lipinski definition) is 0. The SMILES string of the molecule is Cc1ccccc1/C=C/c1ccc(-c2ncc(-c3ccccc3)o2)cc1. The van der Waals surface area contributed by atoms with Crippen molar-refractivity contribution in [1.82, 2.24) is 4.98 Å². The van der Waals surface area contributed by atoms with Crippen LogP contribution in [-0.4, -0.2) is 4.98 Å². The predicted molar refractivity (Wildman–Crippen MR) is 107 cm³/mol. The van der Waals surface area contributed by atoms with E-state index in [1.54, 1.807) is 6.20 Å². The number of aryl methyl sites for hydroxylation is 1. The third-order valence-corrected chi connectivity index (χ3v) is 4.37. The zero-order valence-corrected chi connectivity index (χ0v) is 14.6. The van der Waals surface area contributed by atoms with E-state index < -0.39 is 0 Å². The van der Waals surface area contributed by atoms with E-state index in [1.165, 1.54) is 11.1 Å². The monoisotopic (exact) mass is 337 g/mol. The van der Waals surface area contributed by atoms with Crippen molar-refractivity contribution in [3.8, 4) is 22.8 Å². The molecular formula is C24H19NO. The van der Waals surface area contributed by atoms with E-state index in [9.17, 15) is 0 Å². The minimum absolute atomic E-state index is 0.637. The first kappa shape index (κ1) is 16.1. The van der Waals surface area contributed by atoms with Crippen molar-refractivity contribution in [2.45, 2.75) is 6.92 Å². The molecule has 0 N–H and O–H groups in total. The van der Waals surface area contributed by atoms with Crippen LogP contribution in [0.5, 0.6) is 0 Å². The Hall–Kier alpha value is -3.39. The number of hydrogen-bond acceptors (Lipinski definition) is 2. The fourth-order valence-electron chi connectivity index (χ4n) is 2.84. The molecule has 0 aliphatic heterocycles. The van der Waals surface area contributed by atoms with E-state index in [0.29, 0.717) is 5.89 Å². The second-order valence-electron chi connectivity index (χ2n) is 6.21. The summed E-state index contributed by atoms with van der Waals surface area (Å²) in [6.45, 7) is 2.12. The molecule has 0 fully saturated rings. The third-order valence-electron chi connectivity index (χ3n) is 4.37. The van der Waals surface area contributed by atoms with Gasteiger partial charge in [-0.25, -0.2) is 4.98 Å². The average Bonchev–Trinajstić information content (AvgIpc) is 3.19. The molecule has 0 saturated heterocycles. The fourth-order valence-corrected chi connectivity index (χ4v) is 2.84. The van der Waals surface area contributed by atoms with E-state index in [4.69, 9.17) is 4.42 Å². The van der Waals surface area contributed by atoms with E-state index >= 15 is 0 Å². The normalized spacial score (nSPS) is 11.1. The minimum Gasteiger partial charge on any atom is -0.436 e. The Kier molecular flexibility index (Phi) is 4.48. The summed E-state index contributed by atoms with van der Waals surface area (Å²) in [5.74, 6) is 1.42. The van der Waals surface area contributed by atoms with Crippen LogP contribution in [0.1, 0.15) is 16.7 Å². The van der Waals surface area contributed by atoms with Gasteiger partial charge in [-0.2, -0.15) is 0 Å². The van der Waals surface area contributed by atoms with Crippen LogP contribution in [0.15, 0.2) is 89.5 Å². The molecule has 2 nitrogen and oxygen atoms in total. The first-order valence-electron chi connectivity index (χ1n) is 8.65. The summed E-state index contributed by atoms with van der Waals surface area (Å²) < 4.78 is 5.91. The lowest BCUT2D eigenvalue weighted by Crippen LogP contribution is -1.80. The molecule has 0 aliphatic rings. The highest BCUT2D eigenvalue weighted by Crippen LogP contribution is 2.26. The Bertz CT molecular complexity index is 1030. The summed E-state index contributed by atoms with van der Waals surface area (Å²) in [5.41, 5.74) is 5.65. The summed E-state index contributed by atoms with van der Waals surface area (Å²) >= 11 is 0. The van der Waals surface area contributed by atoms with Crippen molar-refractivity contribution in [3.63, 3.8) is 0 Å². The molecule has 0 saturated carbocycles. The molecule has 0 amide bonds. The first-order valence-corrected chi connectivity index (χ1v) is 8.65. The summed E-state index contributed by atoms with van der Waals surface area (Å²) in [5, 5.41) is 0. The maximum atomic E-state index is 5.91. The zero-order valence-electron chi connectivity index (χ0n) is 14.6. The predicted octanol–water partition coefficient (Wildman–Crippen LogP) is 6.49. The van der Waals surface area contributed by atoms with Crippen molar-refractivity contribution in [1.29, 1.82) is 0 Å². The fraction of sp³-hybridized carbons (Fsp3) is 0.0417. The molecule has 0 radical (unpaired) electrons. The topological polar surface area (TPSA) is 26.0 Å². The lowest BCUT2D eigenvalue weighted by atomic mass is 10.1. The summed E-state index contributed by atoms with van der Waals surface area (Å²) in [7, 11) is 0. The molecule has 26 heavy (non-hydrogen) atoms. The lowest BCUT2D eigenvalue weighted by Gasteiger charge is -2.00. The van der Waals surface area contributed by atoms with Crippen LogP contribution in [0, 0.1) is 6.92 Å². The highest BCUT2D eigenvalue weighted by atomic mass is 16.4. The molecule has 0 spiro atoms. The lowest BCUT2D eigenvalue weighted by molar-refractivity contribution is 0.589. The van der Waals surface area contributed by atoms with Crippen LogP contribution in [0.4, 0.5) is 0 Å². The number of nitrogens with zero attached hydrogens (tertiary/aromatic N) is 1. The number of oxazole rings is 1. The van der Waals surface area contributed by atoms with Crippen LogP contribution in [0.3, 0.4) is 0 Å². The standard InChI is InChI=1S/C24H19NO/c1-18-7-5-6-8-20(18)14-11-19-12-15-22(16-13-19)24-25-17-23(26-24)21-9-3-2-4-10-21/h2-17H,1H3/b14-11+. The van der Waals surface area contributed by atoms with Crippen molar-refractivity contribution < 1.29 is 4.42 Å². The first-order chi connectivity index (χ1) is 12.8. The molecule has 4 aromatic rings. The van der Waals surface area contributed by atoms with Crippen molar-refractivity contribution in [3.05, 3.63) is 102 Å². The van der Waals surface area contributed by atoms with Crippen LogP contribution in [-0.2, 0) is 0 Å². The summed E-state index contributed by atoms with van der Waals surface area (Å²) in [4.78, 5) is 4.41. The van der Waals surface area contributed by atoms with Crippen molar-refractivity contribution in [2.24, 2.45) is 0 Å². The molecule has 0 unspecified atom stereocenters.